The maximum atomic E-state index is 12.6. The van der Waals surface area contributed by atoms with E-state index in [2.05, 4.69) is 5.32 Å². The molecule has 0 aromatic rings. The van der Waals surface area contributed by atoms with Crippen molar-refractivity contribution < 1.29 is 24.6 Å². The number of rotatable bonds is 4. The lowest BCUT2D eigenvalue weighted by molar-refractivity contribution is -0.169. The topological polar surface area (TPSA) is 136 Å². The van der Waals surface area contributed by atoms with E-state index in [9.17, 15) is 24.6 Å². The van der Waals surface area contributed by atoms with Gasteiger partial charge in [-0.15, -0.1) is 0 Å². The Balaban J connectivity index is 2.20. The van der Waals surface area contributed by atoms with E-state index in [4.69, 9.17) is 5.73 Å². The Bertz CT molecular complexity index is 538. The summed E-state index contributed by atoms with van der Waals surface area (Å²) < 4.78 is 0. The number of aliphatic hydroxyl groups excluding tert-OH is 2. The quantitative estimate of drug-likeness (QED) is 0.409. The first-order chi connectivity index (χ1) is 11.1. The Kier molecular flexibility index (Phi) is 5.17. The van der Waals surface area contributed by atoms with Gasteiger partial charge in [0.1, 0.15) is 6.04 Å². The summed E-state index contributed by atoms with van der Waals surface area (Å²) in [7, 11) is 0. The minimum absolute atomic E-state index is 0.0381. The summed E-state index contributed by atoms with van der Waals surface area (Å²) in [5.41, 5.74) is 4.58. The predicted octanol–water partition coefficient (Wildman–Crippen LogP) is -2.75. The molecule has 5 atom stereocenters. The molecule has 2 aliphatic rings. The molecule has 0 bridgehead atoms. The van der Waals surface area contributed by atoms with Gasteiger partial charge in [0.05, 0.1) is 31.2 Å². The normalized spacial score (nSPS) is 28.7. The lowest BCUT2D eigenvalue weighted by Crippen LogP contribution is -2.81. The van der Waals surface area contributed by atoms with Crippen molar-refractivity contribution >= 4 is 17.7 Å². The van der Waals surface area contributed by atoms with Crippen LogP contribution in [0.15, 0.2) is 0 Å². The Hall–Kier alpha value is -1.71. The average Bonchev–Trinajstić information content (AvgIpc) is 2.56. The fourth-order valence-corrected chi connectivity index (χ4v) is 3.00. The first-order valence-electron chi connectivity index (χ1n) is 8.12. The molecule has 1 spiro atoms. The van der Waals surface area contributed by atoms with Crippen molar-refractivity contribution in [1.82, 2.24) is 15.1 Å². The number of aliphatic hydroxyl groups is 2. The van der Waals surface area contributed by atoms with Crippen LogP contribution in [-0.4, -0.2) is 87.7 Å². The Morgan fingerprint density at radius 3 is 2.21 bits per heavy atom. The lowest BCUT2D eigenvalue weighted by atomic mass is 9.84. The average molecular weight is 342 g/mol. The monoisotopic (exact) mass is 342 g/mol. The Morgan fingerprint density at radius 2 is 1.79 bits per heavy atom. The van der Waals surface area contributed by atoms with Crippen LogP contribution in [0.3, 0.4) is 0 Å². The highest BCUT2D eigenvalue weighted by Crippen LogP contribution is 2.29. The predicted molar refractivity (Wildman–Crippen MR) is 84.5 cm³/mol. The van der Waals surface area contributed by atoms with Crippen molar-refractivity contribution in [2.45, 2.75) is 44.6 Å². The maximum Gasteiger partial charge on any atom is 0.249 e. The number of hydrogen-bond donors (Lipinski definition) is 4. The molecular weight excluding hydrogens is 316 g/mol. The van der Waals surface area contributed by atoms with Crippen LogP contribution < -0.4 is 11.1 Å². The first kappa shape index (κ1) is 18.6. The molecule has 2 fully saturated rings. The summed E-state index contributed by atoms with van der Waals surface area (Å²) in [6, 6.07) is -1.07. The zero-order valence-corrected chi connectivity index (χ0v) is 14.2. The third-order valence-electron chi connectivity index (χ3n) is 5.02. The molecule has 9 heteroatoms. The van der Waals surface area contributed by atoms with Gasteiger partial charge in [-0.3, -0.25) is 14.4 Å². The molecule has 2 rings (SSSR count). The third-order valence-corrected chi connectivity index (χ3v) is 5.02. The smallest absolute Gasteiger partial charge is 0.249 e. The van der Waals surface area contributed by atoms with Crippen LogP contribution in [0, 0.1) is 5.92 Å². The van der Waals surface area contributed by atoms with Gasteiger partial charge in [-0.05, 0) is 13.8 Å². The van der Waals surface area contributed by atoms with E-state index in [1.807, 2.05) is 0 Å². The van der Waals surface area contributed by atoms with E-state index in [0.29, 0.717) is 0 Å². The number of nitrogens with one attached hydrogen (secondary N) is 1. The maximum absolute atomic E-state index is 12.6. The summed E-state index contributed by atoms with van der Waals surface area (Å²) in [5.74, 6) is -1.72. The molecule has 2 heterocycles. The van der Waals surface area contributed by atoms with E-state index in [-0.39, 0.29) is 38.0 Å². The molecule has 3 amide bonds. The molecule has 0 aromatic heterocycles. The number of hydrogen-bond acceptors (Lipinski definition) is 6. The van der Waals surface area contributed by atoms with E-state index < -0.39 is 35.6 Å². The van der Waals surface area contributed by atoms with Gasteiger partial charge >= 0.3 is 0 Å². The Morgan fingerprint density at radius 1 is 1.17 bits per heavy atom. The van der Waals surface area contributed by atoms with Gasteiger partial charge in [-0.25, -0.2) is 0 Å². The van der Waals surface area contributed by atoms with Crippen molar-refractivity contribution in [3.8, 4) is 0 Å². The molecule has 0 radical (unpaired) electrons. The van der Waals surface area contributed by atoms with E-state index in [1.165, 1.54) is 23.6 Å². The molecule has 9 nitrogen and oxygen atoms in total. The third kappa shape index (κ3) is 2.99. The zero-order valence-electron chi connectivity index (χ0n) is 14.2. The van der Waals surface area contributed by atoms with E-state index in [1.54, 1.807) is 6.92 Å². The fraction of sp³-hybridized carbons (Fsp3) is 0.800. The van der Waals surface area contributed by atoms with Gasteiger partial charge in [0.15, 0.2) is 5.54 Å². The highest BCUT2D eigenvalue weighted by atomic mass is 16.3. The standard InChI is InChI=1S/C15H26N4O5/c1-8(9(2)20)12(22)19-5-4-18(13(23)11(16)10(3)21)7-15(19)6-17-14(15)24/h8-11,20-21H,4-7,16H2,1-3H3,(H,17,24)/t8-,9+,10+,11-,15?/m0/s1. The van der Waals surface area contributed by atoms with Crippen LogP contribution in [0.1, 0.15) is 20.8 Å². The van der Waals surface area contributed by atoms with Gasteiger partial charge in [0.2, 0.25) is 17.7 Å². The number of carbonyl (C=O) groups is 3. The molecule has 0 aromatic carbocycles. The van der Waals surface area contributed by atoms with Gasteiger partial charge in [-0.2, -0.15) is 0 Å². The number of carbonyl (C=O) groups excluding carboxylic acids is 3. The molecule has 2 saturated heterocycles. The van der Waals surface area contributed by atoms with Crippen LogP contribution in [0.2, 0.25) is 0 Å². The van der Waals surface area contributed by atoms with Gasteiger partial charge in [0.25, 0.3) is 0 Å². The van der Waals surface area contributed by atoms with Gasteiger partial charge in [-0.1, -0.05) is 6.92 Å². The molecule has 1 unspecified atom stereocenters. The van der Waals surface area contributed by atoms with Crippen LogP contribution in [0.25, 0.3) is 0 Å². The largest absolute Gasteiger partial charge is 0.393 e. The van der Waals surface area contributed by atoms with Crippen LogP contribution in [-0.2, 0) is 14.4 Å². The van der Waals surface area contributed by atoms with Crippen LogP contribution in [0.4, 0.5) is 0 Å². The highest BCUT2D eigenvalue weighted by Gasteiger charge is 2.57. The lowest BCUT2D eigenvalue weighted by Gasteiger charge is -2.55. The van der Waals surface area contributed by atoms with E-state index in [0.717, 1.165) is 0 Å². The number of β-lactam (4-membered cyclic amide) rings is 1. The molecule has 24 heavy (non-hydrogen) atoms. The van der Waals surface area contributed by atoms with Gasteiger partial charge in [0, 0.05) is 13.1 Å². The van der Waals surface area contributed by atoms with Crippen molar-refractivity contribution in [3.63, 3.8) is 0 Å². The SMILES string of the molecule is C[C@H](C(=O)N1CCN(C(=O)[C@@H](N)[C@@H](C)O)CC12CNC2=O)[C@@H](C)O. The Labute approximate surface area is 140 Å². The molecule has 0 aliphatic carbocycles. The van der Waals surface area contributed by atoms with Crippen molar-refractivity contribution in [3.05, 3.63) is 0 Å². The first-order valence-corrected chi connectivity index (χ1v) is 8.12. The van der Waals surface area contributed by atoms with Crippen LogP contribution >= 0.6 is 0 Å². The molecular formula is C15H26N4O5. The number of nitrogens with zero attached hydrogens (tertiary/aromatic N) is 2. The molecule has 136 valence electrons. The van der Waals surface area contributed by atoms with Crippen molar-refractivity contribution in [1.29, 1.82) is 0 Å². The summed E-state index contributed by atoms with van der Waals surface area (Å²) in [5, 5.41) is 21.8. The fourth-order valence-electron chi connectivity index (χ4n) is 3.00. The zero-order chi connectivity index (χ0) is 18.2. The second kappa shape index (κ2) is 6.66. The van der Waals surface area contributed by atoms with Crippen molar-refractivity contribution in [2.24, 2.45) is 11.7 Å². The number of nitrogens with two attached hydrogens (primary N) is 1. The van der Waals surface area contributed by atoms with Gasteiger partial charge < -0.3 is 31.1 Å². The number of amides is 3. The molecule has 2 aliphatic heterocycles. The van der Waals surface area contributed by atoms with Crippen molar-refractivity contribution in [2.75, 3.05) is 26.2 Å². The minimum atomic E-state index is -1.12. The summed E-state index contributed by atoms with van der Waals surface area (Å²) in [4.78, 5) is 40.1. The highest BCUT2D eigenvalue weighted by molar-refractivity contribution is 5.98. The second-order valence-corrected chi connectivity index (χ2v) is 6.76. The minimum Gasteiger partial charge on any atom is -0.393 e. The van der Waals surface area contributed by atoms with Crippen LogP contribution in [0.5, 0.6) is 0 Å². The second-order valence-electron chi connectivity index (χ2n) is 6.76. The molecule has 0 saturated carbocycles. The summed E-state index contributed by atoms with van der Waals surface area (Å²) in [6.07, 6.45) is -1.83. The molecule has 5 N–H and O–H groups in total. The summed E-state index contributed by atoms with van der Waals surface area (Å²) >= 11 is 0. The summed E-state index contributed by atoms with van der Waals surface area (Å²) in [6.45, 7) is 5.26. The number of piperazine rings is 1. The van der Waals surface area contributed by atoms with E-state index >= 15 is 0 Å².